The van der Waals surface area contributed by atoms with Gasteiger partial charge in [0.2, 0.25) is 5.91 Å². The van der Waals surface area contributed by atoms with Crippen LogP contribution in [0, 0.1) is 16.0 Å². The molecule has 0 fully saturated rings. The molecule has 0 saturated carbocycles. The van der Waals surface area contributed by atoms with Gasteiger partial charge in [0.1, 0.15) is 0 Å². The number of nitro benzene ring substituents is 1. The third kappa shape index (κ3) is 8.69. The summed E-state index contributed by atoms with van der Waals surface area (Å²) < 4.78 is 0. The van der Waals surface area contributed by atoms with Crippen molar-refractivity contribution in [3.05, 3.63) is 34.4 Å². The van der Waals surface area contributed by atoms with Crippen molar-refractivity contribution in [2.45, 2.75) is 39.2 Å². The summed E-state index contributed by atoms with van der Waals surface area (Å²) in [6.07, 6.45) is 1.98. The second-order valence-corrected chi connectivity index (χ2v) is 6.35. The predicted molar refractivity (Wildman–Crippen MR) is 103 cm³/mol. The molecule has 25 heavy (non-hydrogen) atoms. The summed E-state index contributed by atoms with van der Waals surface area (Å²) in [5.41, 5.74) is 6.87. The number of carbonyl (C=O) groups excluding carboxylic acids is 1. The molecular formula is C17H29ClN4O3. The van der Waals surface area contributed by atoms with Gasteiger partial charge in [-0.3, -0.25) is 14.9 Å². The monoisotopic (exact) mass is 372 g/mol. The van der Waals surface area contributed by atoms with Gasteiger partial charge in [-0.15, -0.1) is 12.4 Å². The first-order valence-corrected chi connectivity index (χ1v) is 8.29. The molecule has 0 bridgehead atoms. The van der Waals surface area contributed by atoms with Crippen LogP contribution in [0.5, 0.6) is 0 Å². The average Bonchev–Trinajstić information content (AvgIpc) is 2.56. The van der Waals surface area contributed by atoms with Gasteiger partial charge in [0.05, 0.1) is 4.92 Å². The molecule has 0 aliphatic carbocycles. The van der Waals surface area contributed by atoms with Crippen LogP contribution >= 0.6 is 12.4 Å². The van der Waals surface area contributed by atoms with Crippen LogP contribution in [0.3, 0.4) is 0 Å². The zero-order chi connectivity index (χ0) is 18.1. The zero-order valence-electron chi connectivity index (χ0n) is 15.1. The third-order valence-electron chi connectivity index (χ3n) is 4.05. The smallest absolute Gasteiger partial charge is 0.269 e. The number of carbonyl (C=O) groups is 1. The largest absolute Gasteiger partial charge is 0.385 e. The minimum absolute atomic E-state index is 0. The molecule has 0 radical (unpaired) electrons. The van der Waals surface area contributed by atoms with Crippen LogP contribution in [0.15, 0.2) is 24.3 Å². The number of rotatable bonds is 10. The van der Waals surface area contributed by atoms with Crippen molar-refractivity contribution >= 4 is 29.7 Å². The maximum absolute atomic E-state index is 12.0. The summed E-state index contributed by atoms with van der Waals surface area (Å²) in [6.45, 7) is 5.48. The highest BCUT2D eigenvalue weighted by atomic mass is 35.5. The van der Waals surface area contributed by atoms with E-state index in [0.717, 1.165) is 12.1 Å². The normalized spacial score (nSPS) is 11.6. The number of hydrogen-bond donors (Lipinski definition) is 2. The van der Waals surface area contributed by atoms with Gasteiger partial charge < -0.3 is 16.0 Å². The van der Waals surface area contributed by atoms with Crippen molar-refractivity contribution in [2.24, 2.45) is 11.7 Å². The summed E-state index contributed by atoms with van der Waals surface area (Å²) in [7, 11) is 1.80. The van der Waals surface area contributed by atoms with Gasteiger partial charge in [-0.25, -0.2) is 0 Å². The van der Waals surface area contributed by atoms with Gasteiger partial charge in [0.25, 0.3) is 5.69 Å². The lowest BCUT2D eigenvalue weighted by molar-refractivity contribution is -0.384. The third-order valence-corrected chi connectivity index (χ3v) is 4.05. The SMILES string of the molecule is CC(C)C(N)CCN(C)C(=O)CCCNc1ccc([N+](=O)[O-])cc1.Cl. The summed E-state index contributed by atoms with van der Waals surface area (Å²) in [5.74, 6) is 0.524. The van der Waals surface area contributed by atoms with Gasteiger partial charge in [0.15, 0.2) is 0 Å². The molecule has 0 aliphatic heterocycles. The molecular weight excluding hydrogens is 344 g/mol. The number of anilines is 1. The number of nitrogens with one attached hydrogen (secondary N) is 1. The molecule has 8 heteroatoms. The Morgan fingerprint density at radius 1 is 1.32 bits per heavy atom. The summed E-state index contributed by atoms with van der Waals surface area (Å²) in [4.78, 5) is 23.9. The first kappa shape index (κ1) is 23.1. The van der Waals surface area contributed by atoms with E-state index in [2.05, 4.69) is 19.2 Å². The lowest BCUT2D eigenvalue weighted by atomic mass is 10.0. The molecule has 0 saturated heterocycles. The molecule has 142 valence electrons. The van der Waals surface area contributed by atoms with E-state index in [1.807, 2.05) is 0 Å². The van der Waals surface area contributed by atoms with E-state index in [0.29, 0.717) is 31.8 Å². The molecule has 0 heterocycles. The molecule has 0 aromatic heterocycles. The highest BCUT2D eigenvalue weighted by Gasteiger charge is 2.12. The van der Waals surface area contributed by atoms with Crippen LogP contribution in [0.4, 0.5) is 11.4 Å². The Hall–Kier alpha value is -1.86. The number of nitro groups is 1. The van der Waals surface area contributed by atoms with Gasteiger partial charge in [-0.2, -0.15) is 0 Å². The number of nitrogens with two attached hydrogens (primary N) is 1. The number of nitrogens with zero attached hydrogens (tertiary/aromatic N) is 2. The molecule has 1 unspecified atom stereocenters. The van der Waals surface area contributed by atoms with Gasteiger partial charge in [0, 0.05) is 50.4 Å². The van der Waals surface area contributed by atoms with Crippen molar-refractivity contribution in [2.75, 3.05) is 25.5 Å². The molecule has 1 atom stereocenters. The standard InChI is InChI=1S/C17H28N4O3.ClH/c1-13(2)16(18)10-12-20(3)17(22)5-4-11-19-14-6-8-15(9-7-14)21(23)24;/h6-9,13,16,19H,4-5,10-12,18H2,1-3H3;1H. The van der Waals surface area contributed by atoms with E-state index in [1.165, 1.54) is 12.1 Å². The lowest BCUT2D eigenvalue weighted by Gasteiger charge is -2.21. The molecule has 1 amide bonds. The Morgan fingerprint density at radius 3 is 2.44 bits per heavy atom. The minimum Gasteiger partial charge on any atom is -0.385 e. The Morgan fingerprint density at radius 2 is 1.92 bits per heavy atom. The minimum atomic E-state index is -0.427. The van der Waals surface area contributed by atoms with Crippen LogP contribution in [0.25, 0.3) is 0 Å². The number of hydrogen-bond acceptors (Lipinski definition) is 5. The number of benzene rings is 1. The second-order valence-electron chi connectivity index (χ2n) is 6.35. The molecule has 7 nitrogen and oxygen atoms in total. The maximum atomic E-state index is 12.0. The van der Waals surface area contributed by atoms with Crippen molar-refractivity contribution in [1.82, 2.24) is 4.90 Å². The first-order chi connectivity index (χ1) is 11.3. The van der Waals surface area contributed by atoms with E-state index < -0.39 is 4.92 Å². The summed E-state index contributed by atoms with van der Waals surface area (Å²) >= 11 is 0. The summed E-state index contributed by atoms with van der Waals surface area (Å²) in [6, 6.07) is 6.36. The quantitative estimate of drug-likeness (QED) is 0.373. The van der Waals surface area contributed by atoms with E-state index in [4.69, 9.17) is 5.73 Å². The highest BCUT2D eigenvalue weighted by Crippen LogP contribution is 2.15. The number of amides is 1. The highest BCUT2D eigenvalue weighted by molar-refractivity contribution is 5.85. The summed E-state index contributed by atoms with van der Waals surface area (Å²) in [5, 5.41) is 13.7. The van der Waals surface area contributed by atoms with E-state index in [9.17, 15) is 14.9 Å². The van der Waals surface area contributed by atoms with Crippen LogP contribution in [-0.4, -0.2) is 41.9 Å². The fraction of sp³-hybridized carbons (Fsp3) is 0.588. The molecule has 1 rings (SSSR count). The average molecular weight is 373 g/mol. The van der Waals surface area contributed by atoms with Gasteiger partial charge >= 0.3 is 0 Å². The van der Waals surface area contributed by atoms with Crippen LogP contribution in [-0.2, 0) is 4.79 Å². The van der Waals surface area contributed by atoms with Crippen LogP contribution in [0.2, 0.25) is 0 Å². The molecule has 0 spiro atoms. The Balaban J connectivity index is 0.00000576. The van der Waals surface area contributed by atoms with Gasteiger partial charge in [-0.05, 0) is 30.9 Å². The second kappa shape index (κ2) is 11.7. The Bertz CT molecular complexity index is 537. The van der Waals surface area contributed by atoms with Crippen molar-refractivity contribution < 1.29 is 9.72 Å². The number of halogens is 1. The topological polar surface area (TPSA) is 102 Å². The Kier molecular flexibility index (Phi) is 10.8. The van der Waals surface area contributed by atoms with Crippen molar-refractivity contribution in [1.29, 1.82) is 0 Å². The number of non-ortho nitro benzene ring substituents is 1. The fourth-order valence-corrected chi connectivity index (χ4v) is 2.16. The van der Waals surface area contributed by atoms with E-state index in [-0.39, 0.29) is 30.0 Å². The molecule has 1 aromatic carbocycles. The predicted octanol–water partition coefficient (Wildman–Crippen LogP) is 3.04. The van der Waals surface area contributed by atoms with Crippen LogP contribution in [0.1, 0.15) is 33.1 Å². The van der Waals surface area contributed by atoms with Gasteiger partial charge in [-0.1, -0.05) is 13.8 Å². The molecule has 0 aliphatic rings. The van der Waals surface area contributed by atoms with E-state index >= 15 is 0 Å². The van der Waals surface area contributed by atoms with Crippen molar-refractivity contribution in [3.8, 4) is 0 Å². The van der Waals surface area contributed by atoms with Crippen LogP contribution < -0.4 is 11.1 Å². The maximum Gasteiger partial charge on any atom is 0.269 e. The Labute approximate surface area is 155 Å². The zero-order valence-corrected chi connectivity index (χ0v) is 15.9. The van der Waals surface area contributed by atoms with Crippen molar-refractivity contribution in [3.63, 3.8) is 0 Å². The molecule has 1 aromatic rings. The molecule has 3 N–H and O–H groups in total. The first-order valence-electron chi connectivity index (χ1n) is 8.29. The van der Waals surface area contributed by atoms with E-state index in [1.54, 1.807) is 24.1 Å². The fourth-order valence-electron chi connectivity index (χ4n) is 2.16. The lowest BCUT2D eigenvalue weighted by Crippen LogP contribution is -2.34.